The molecule has 144 valence electrons. The molecule has 0 saturated heterocycles. The number of anilines is 1. The summed E-state index contributed by atoms with van der Waals surface area (Å²) < 4.78 is 13.7. The van der Waals surface area contributed by atoms with Crippen molar-refractivity contribution < 1.29 is 19.1 Å². The minimum Gasteiger partial charge on any atom is -0.550 e. The molecule has 2 aromatic rings. The third kappa shape index (κ3) is 3.50. The topological polar surface area (TPSA) is 81.3 Å². The van der Waals surface area contributed by atoms with Gasteiger partial charge in [-0.15, -0.1) is 0 Å². The zero-order valence-corrected chi connectivity index (χ0v) is 15.2. The van der Waals surface area contributed by atoms with Gasteiger partial charge in [0.1, 0.15) is 5.82 Å². The van der Waals surface area contributed by atoms with E-state index in [0.29, 0.717) is 5.56 Å². The lowest BCUT2D eigenvalue weighted by molar-refractivity contribution is -0.305. The molecule has 6 heteroatoms. The monoisotopic (exact) mass is 379 g/mol. The van der Waals surface area contributed by atoms with Crippen LogP contribution in [0.5, 0.6) is 0 Å². The van der Waals surface area contributed by atoms with Crippen LogP contribution in [0.4, 0.5) is 10.1 Å². The number of hydrogen-bond acceptors (Lipinski definition) is 4. The van der Waals surface area contributed by atoms with Gasteiger partial charge in [-0.2, -0.15) is 0 Å². The van der Waals surface area contributed by atoms with E-state index < -0.39 is 5.97 Å². The van der Waals surface area contributed by atoms with Gasteiger partial charge in [0.25, 0.3) is 5.91 Å². The van der Waals surface area contributed by atoms with E-state index in [1.54, 1.807) is 18.2 Å². The lowest BCUT2D eigenvalue weighted by Crippen LogP contribution is -2.32. The van der Waals surface area contributed by atoms with Crippen LogP contribution in [0.25, 0.3) is 0 Å². The summed E-state index contributed by atoms with van der Waals surface area (Å²) in [6, 6.07) is 12.1. The van der Waals surface area contributed by atoms with Crippen LogP contribution in [0.15, 0.2) is 54.6 Å². The van der Waals surface area contributed by atoms with Crippen LogP contribution in [0, 0.1) is 11.7 Å². The average molecular weight is 379 g/mol. The second-order valence-electron chi connectivity index (χ2n) is 7.21. The molecule has 2 N–H and O–H groups in total. The van der Waals surface area contributed by atoms with Gasteiger partial charge in [-0.3, -0.25) is 4.79 Å². The molecular weight excluding hydrogens is 359 g/mol. The number of amides is 1. The van der Waals surface area contributed by atoms with Gasteiger partial charge < -0.3 is 20.5 Å². The second-order valence-corrected chi connectivity index (χ2v) is 7.21. The standard InChI is InChI=1S/C22H21FN2O3/c23-15-4-1-3-13(11-15)21-17-6-2-5-16(17)18-12-14(7-8-19(18)25-21)22(28)24-10-9-20(26)27/h1-5,7-8,11-12,16-17,21,25H,6,9-10H2,(H,24,28)(H,26,27)/p-1/t16-,17+,21+/m0/s1. The second kappa shape index (κ2) is 7.46. The molecule has 4 rings (SSSR count). The fourth-order valence-corrected chi connectivity index (χ4v) is 4.15. The van der Waals surface area contributed by atoms with Gasteiger partial charge in [-0.05, 0) is 53.8 Å². The van der Waals surface area contributed by atoms with Crippen LogP contribution in [0.1, 0.15) is 46.3 Å². The van der Waals surface area contributed by atoms with E-state index in [1.165, 1.54) is 6.07 Å². The van der Waals surface area contributed by atoms with Crippen molar-refractivity contribution >= 4 is 17.6 Å². The summed E-state index contributed by atoms with van der Waals surface area (Å²) in [5, 5.41) is 16.6. The van der Waals surface area contributed by atoms with E-state index in [1.807, 2.05) is 18.2 Å². The Labute approximate surface area is 162 Å². The van der Waals surface area contributed by atoms with Gasteiger partial charge in [-0.1, -0.05) is 24.3 Å². The minimum atomic E-state index is -1.20. The number of aliphatic carboxylic acids is 1. The molecule has 0 saturated carbocycles. The smallest absolute Gasteiger partial charge is 0.251 e. The molecule has 28 heavy (non-hydrogen) atoms. The number of carbonyl (C=O) groups is 2. The molecule has 0 spiro atoms. The lowest BCUT2D eigenvalue weighted by Gasteiger charge is -2.37. The molecule has 1 heterocycles. The molecule has 1 aliphatic heterocycles. The van der Waals surface area contributed by atoms with Crippen molar-refractivity contribution in [3.63, 3.8) is 0 Å². The van der Waals surface area contributed by atoms with E-state index in [-0.39, 0.29) is 42.6 Å². The van der Waals surface area contributed by atoms with Gasteiger partial charge in [0.05, 0.1) is 6.04 Å². The third-order valence-electron chi connectivity index (χ3n) is 5.45. The van der Waals surface area contributed by atoms with Crippen molar-refractivity contribution in [3.05, 3.63) is 77.1 Å². The lowest BCUT2D eigenvalue weighted by atomic mass is 9.76. The fourth-order valence-electron chi connectivity index (χ4n) is 4.15. The summed E-state index contributed by atoms with van der Waals surface area (Å²) >= 11 is 0. The maximum Gasteiger partial charge on any atom is 0.251 e. The number of carboxylic acid groups (broad SMARTS) is 1. The van der Waals surface area contributed by atoms with Crippen LogP contribution >= 0.6 is 0 Å². The number of benzene rings is 2. The predicted octanol–water partition coefficient (Wildman–Crippen LogP) is 2.52. The molecule has 0 bridgehead atoms. The normalized spacial score (nSPS) is 22.1. The maximum atomic E-state index is 13.7. The van der Waals surface area contributed by atoms with E-state index in [2.05, 4.69) is 22.8 Å². The van der Waals surface area contributed by atoms with Crippen LogP contribution in [0.3, 0.4) is 0 Å². The fraction of sp³-hybridized carbons (Fsp3) is 0.273. The Morgan fingerprint density at radius 1 is 1.21 bits per heavy atom. The molecule has 1 amide bonds. The number of nitrogens with one attached hydrogen (secondary N) is 2. The molecule has 2 aliphatic rings. The van der Waals surface area contributed by atoms with E-state index in [0.717, 1.165) is 23.2 Å². The molecule has 0 radical (unpaired) electrons. The van der Waals surface area contributed by atoms with E-state index >= 15 is 0 Å². The molecule has 5 nitrogen and oxygen atoms in total. The highest BCUT2D eigenvalue weighted by Gasteiger charge is 2.38. The van der Waals surface area contributed by atoms with Gasteiger partial charge in [0.15, 0.2) is 0 Å². The van der Waals surface area contributed by atoms with Crippen LogP contribution in [-0.2, 0) is 4.79 Å². The summed E-state index contributed by atoms with van der Waals surface area (Å²) in [7, 11) is 0. The van der Waals surface area contributed by atoms with Crippen molar-refractivity contribution in [1.29, 1.82) is 0 Å². The maximum absolute atomic E-state index is 13.7. The highest BCUT2D eigenvalue weighted by atomic mass is 19.1. The number of fused-ring (bicyclic) bond motifs is 3. The van der Waals surface area contributed by atoms with Gasteiger partial charge in [0, 0.05) is 36.1 Å². The van der Waals surface area contributed by atoms with E-state index in [9.17, 15) is 19.1 Å². The molecule has 0 unspecified atom stereocenters. The predicted molar refractivity (Wildman–Crippen MR) is 101 cm³/mol. The van der Waals surface area contributed by atoms with Crippen LogP contribution in [-0.4, -0.2) is 18.4 Å². The highest BCUT2D eigenvalue weighted by Crippen LogP contribution is 2.49. The molecule has 2 aromatic carbocycles. The zero-order chi connectivity index (χ0) is 19.7. The van der Waals surface area contributed by atoms with Crippen molar-refractivity contribution in [3.8, 4) is 0 Å². The molecule has 3 atom stereocenters. The van der Waals surface area contributed by atoms with Crippen molar-refractivity contribution in [2.75, 3.05) is 11.9 Å². The summed E-state index contributed by atoms with van der Waals surface area (Å²) in [6.45, 7) is 0.0318. The van der Waals surface area contributed by atoms with Gasteiger partial charge >= 0.3 is 0 Å². The molecule has 0 aromatic heterocycles. The summed E-state index contributed by atoms with van der Waals surface area (Å²) in [6.07, 6.45) is 4.93. The first-order valence-corrected chi connectivity index (χ1v) is 9.33. The number of halogens is 1. The van der Waals surface area contributed by atoms with Crippen molar-refractivity contribution in [1.82, 2.24) is 5.32 Å². The summed E-state index contributed by atoms with van der Waals surface area (Å²) in [5.41, 5.74) is 3.35. The highest BCUT2D eigenvalue weighted by molar-refractivity contribution is 5.95. The number of allylic oxidation sites excluding steroid dienone is 2. The Balaban J connectivity index is 1.60. The Bertz CT molecular complexity index is 957. The number of carboxylic acids is 1. The van der Waals surface area contributed by atoms with Crippen molar-refractivity contribution in [2.24, 2.45) is 5.92 Å². The number of rotatable bonds is 5. The summed E-state index contributed by atoms with van der Waals surface area (Å²) in [4.78, 5) is 22.8. The first-order valence-electron chi connectivity index (χ1n) is 9.33. The molecule has 0 fully saturated rings. The van der Waals surface area contributed by atoms with Gasteiger partial charge in [0.2, 0.25) is 0 Å². The Morgan fingerprint density at radius 3 is 2.86 bits per heavy atom. The van der Waals surface area contributed by atoms with Crippen molar-refractivity contribution in [2.45, 2.75) is 24.8 Å². The number of carbonyl (C=O) groups excluding carboxylic acids is 2. The number of hydrogen-bond donors (Lipinski definition) is 2. The van der Waals surface area contributed by atoms with Crippen LogP contribution < -0.4 is 15.7 Å². The molecular formula is C22H20FN2O3-. The first-order chi connectivity index (χ1) is 13.5. The quantitative estimate of drug-likeness (QED) is 0.783. The average Bonchev–Trinajstić information content (AvgIpc) is 3.16. The van der Waals surface area contributed by atoms with E-state index in [4.69, 9.17) is 0 Å². The largest absolute Gasteiger partial charge is 0.550 e. The minimum absolute atomic E-state index is 0.00839. The van der Waals surface area contributed by atoms with Gasteiger partial charge in [-0.25, -0.2) is 4.39 Å². The Morgan fingerprint density at radius 2 is 2.07 bits per heavy atom. The summed E-state index contributed by atoms with van der Waals surface area (Å²) in [5.74, 6) is -1.38. The zero-order valence-electron chi connectivity index (χ0n) is 15.2. The molecule has 1 aliphatic carbocycles. The van der Waals surface area contributed by atoms with Crippen LogP contribution in [0.2, 0.25) is 0 Å². The third-order valence-corrected chi connectivity index (χ3v) is 5.45. The SMILES string of the molecule is O=C([O-])CCNC(=O)c1ccc2c(c1)[C@H]1C=CC[C@H]1[C@@H](c1cccc(F)c1)N2. The Hall–Kier alpha value is -3.15. The first kappa shape index (κ1) is 18.2. The Kier molecular flexibility index (Phi) is 4.86.